The van der Waals surface area contributed by atoms with Crippen LogP contribution >= 0.6 is 11.6 Å². The number of rotatable bonds is 3. The van der Waals surface area contributed by atoms with Gasteiger partial charge in [0.2, 0.25) is 0 Å². The molecule has 0 spiro atoms. The summed E-state index contributed by atoms with van der Waals surface area (Å²) in [5, 5.41) is -0.0835. The maximum Gasteiger partial charge on any atom is 0.155 e. The summed E-state index contributed by atoms with van der Waals surface area (Å²) in [6.45, 7) is 0. The van der Waals surface area contributed by atoms with Gasteiger partial charge < -0.3 is 10.5 Å². The minimum absolute atomic E-state index is 0.221. The quantitative estimate of drug-likeness (QED) is 0.930. The normalized spacial score (nSPS) is 23.8. The fourth-order valence-corrected chi connectivity index (χ4v) is 4.81. The van der Waals surface area contributed by atoms with Crippen LogP contribution in [0.3, 0.4) is 0 Å². The topological polar surface area (TPSA) is 69.4 Å². The molecule has 2 N–H and O–H groups in total. The van der Waals surface area contributed by atoms with Gasteiger partial charge in [-0.2, -0.15) is 0 Å². The van der Waals surface area contributed by atoms with Crippen LogP contribution in [-0.4, -0.2) is 26.5 Å². The lowest BCUT2D eigenvalue weighted by molar-refractivity contribution is 0.414. The van der Waals surface area contributed by atoms with Gasteiger partial charge in [-0.1, -0.05) is 24.1 Å². The SMILES string of the molecule is COc1ccc(C(N)C2CCCCS2(=O)=O)c(Cl)c1. The number of ether oxygens (including phenoxy) is 1. The fourth-order valence-electron chi connectivity index (χ4n) is 2.49. The molecule has 1 aromatic rings. The minimum Gasteiger partial charge on any atom is -0.497 e. The van der Waals surface area contributed by atoms with E-state index in [0.29, 0.717) is 22.8 Å². The van der Waals surface area contributed by atoms with Gasteiger partial charge in [-0.15, -0.1) is 0 Å². The number of benzene rings is 1. The molecule has 2 unspecified atom stereocenters. The largest absolute Gasteiger partial charge is 0.497 e. The Morgan fingerprint density at radius 1 is 1.42 bits per heavy atom. The van der Waals surface area contributed by atoms with Crippen molar-refractivity contribution >= 4 is 21.4 Å². The molecule has 106 valence electrons. The van der Waals surface area contributed by atoms with Gasteiger partial charge >= 0.3 is 0 Å². The van der Waals surface area contributed by atoms with Crippen LogP contribution in [0.25, 0.3) is 0 Å². The van der Waals surface area contributed by atoms with Gasteiger partial charge in [-0.3, -0.25) is 0 Å². The number of hydrogen-bond donors (Lipinski definition) is 1. The number of methoxy groups -OCH3 is 1. The lowest BCUT2D eigenvalue weighted by Gasteiger charge is -2.28. The van der Waals surface area contributed by atoms with Gasteiger partial charge in [0.15, 0.2) is 9.84 Å². The number of hydrogen-bond acceptors (Lipinski definition) is 4. The zero-order chi connectivity index (χ0) is 14.0. The molecule has 2 rings (SSSR count). The molecule has 1 saturated heterocycles. The highest BCUT2D eigenvalue weighted by Gasteiger charge is 2.35. The molecule has 0 bridgehead atoms. The summed E-state index contributed by atoms with van der Waals surface area (Å²) >= 11 is 6.16. The first kappa shape index (κ1) is 14.6. The first-order valence-corrected chi connectivity index (χ1v) is 8.35. The highest BCUT2D eigenvalue weighted by Crippen LogP contribution is 2.33. The van der Waals surface area contributed by atoms with E-state index in [2.05, 4.69) is 0 Å². The Labute approximate surface area is 118 Å². The fraction of sp³-hybridized carbons (Fsp3) is 0.538. The molecule has 1 aliphatic rings. The second-order valence-corrected chi connectivity index (χ2v) is 7.56. The summed E-state index contributed by atoms with van der Waals surface area (Å²) in [5.41, 5.74) is 6.80. The van der Waals surface area contributed by atoms with E-state index in [1.165, 1.54) is 0 Å². The van der Waals surface area contributed by atoms with Crippen LogP contribution in [0.1, 0.15) is 30.9 Å². The van der Waals surface area contributed by atoms with Crippen LogP contribution in [0.15, 0.2) is 18.2 Å². The molecular formula is C13H18ClNO3S. The molecule has 4 nitrogen and oxygen atoms in total. The van der Waals surface area contributed by atoms with E-state index < -0.39 is 21.1 Å². The first-order valence-electron chi connectivity index (χ1n) is 6.26. The average molecular weight is 304 g/mol. The molecule has 1 aliphatic heterocycles. The van der Waals surface area contributed by atoms with E-state index in [9.17, 15) is 8.42 Å². The standard InChI is InChI=1S/C13H18ClNO3S/c1-18-9-5-6-10(11(14)8-9)13(15)12-4-2-3-7-19(12,16)17/h5-6,8,12-13H,2-4,7,15H2,1H3. The second kappa shape index (κ2) is 5.69. The third-order valence-corrected chi connectivity index (χ3v) is 6.23. The zero-order valence-corrected chi connectivity index (χ0v) is 12.4. The third kappa shape index (κ3) is 3.04. The summed E-state index contributed by atoms with van der Waals surface area (Å²) in [5.74, 6) is 0.853. The van der Waals surface area contributed by atoms with Crippen LogP contribution in [-0.2, 0) is 9.84 Å². The Kier molecular flexibility index (Phi) is 4.38. The monoisotopic (exact) mass is 303 g/mol. The summed E-state index contributed by atoms with van der Waals surface area (Å²) in [6.07, 6.45) is 2.22. The molecule has 19 heavy (non-hydrogen) atoms. The van der Waals surface area contributed by atoms with Crippen LogP contribution in [0, 0.1) is 0 Å². The van der Waals surface area contributed by atoms with Crippen molar-refractivity contribution in [3.63, 3.8) is 0 Å². The molecule has 1 aromatic carbocycles. The molecular weight excluding hydrogens is 286 g/mol. The van der Waals surface area contributed by atoms with Crippen molar-refractivity contribution < 1.29 is 13.2 Å². The molecule has 6 heteroatoms. The Bertz CT molecular complexity index is 559. The van der Waals surface area contributed by atoms with Gasteiger partial charge in [-0.25, -0.2) is 8.42 Å². The molecule has 0 radical (unpaired) electrons. The van der Waals surface area contributed by atoms with Gasteiger partial charge in [-0.05, 0) is 30.5 Å². The summed E-state index contributed by atoms with van der Waals surface area (Å²) in [6, 6.07) is 4.57. The predicted octanol–water partition coefficient (Wildman–Crippen LogP) is 2.32. The molecule has 1 fully saturated rings. The van der Waals surface area contributed by atoms with Crippen molar-refractivity contribution in [2.24, 2.45) is 5.73 Å². The van der Waals surface area contributed by atoms with E-state index in [-0.39, 0.29) is 5.75 Å². The molecule has 1 heterocycles. The van der Waals surface area contributed by atoms with E-state index in [0.717, 1.165) is 12.8 Å². The lowest BCUT2D eigenvalue weighted by atomic mass is 10.00. The smallest absolute Gasteiger partial charge is 0.155 e. The van der Waals surface area contributed by atoms with Gasteiger partial charge in [0.25, 0.3) is 0 Å². The van der Waals surface area contributed by atoms with E-state index in [4.69, 9.17) is 22.1 Å². The Hall–Kier alpha value is -0.780. The maximum absolute atomic E-state index is 12.1. The lowest BCUT2D eigenvalue weighted by Crippen LogP contribution is -2.37. The van der Waals surface area contributed by atoms with Crippen LogP contribution < -0.4 is 10.5 Å². The van der Waals surface area contributed by atoms with E-state index in [1.54, 1.807) is 25.3 Å². The van der Waals surface area contributed by atoms with E-state index >= 15 is 0 Å². The average Bonchev–Trinajstić information content (AvgIpc) is 2.37. The first-order chi connectivity index (χ1) is 8.95. The minimum atomic E-state index is -3.12. The van der Waals surface area contributed by atoms with Crippen LogP contribution in [0.2, 0.25) is 5.02 Å². The predicted molar refractivity (Wildman–Crippen MR) is 76.4 cm³/mol. The third-order valence-electron chi connectivity index (χ3n) is 3.60. The summed E-state index contributed by atoms with van der Waals surface area (Å²) in [4.78, 5) is 0. The zero-order valence-electron chi connectivity index (χ0n) is 10.8. The Morgan fingerprint density at radius 2 is 2.16 bits per heavy atom. The van der Waals surface area contributed by atoms with Crippen molar-refractivity contribution in [2.45, 2.75) is 30.6 Å². The molecule has 0 aromatic heterocycles. The van der Waals surface area contributed by atoms with Crippen molar-refractivity contribution in [2.75, 3.05) is 12.9 Å². The van der Waals surface area contributed by atoms with Gasteiger partial charge in [0.1, 0.15) is 5.75 Å². The summed E-state index contributed by atoms with van der Waals surface area (Å²) in [7, 11) is -1.57. The van der Waals surface area contributed by atoms with Crippen molar-refractivity contribution in [3.8, 4) is 5.75 Å². The van der Waals surface area contributed by atoms with Crippen LogP contribution in [0.4, 0.5) is 0 Å². The van der Waals surface area contributed by atoms with Crippen molar-refractivity contribution in [1.29, 1.82) is 0 Å². The second-order valence-electron chi connectivity index (χ2n) is 4.81. The molecule has 0 saturated carbocycles. The highest BCUT2D eigenvalue weighted by molar-refractivity contribution is 7.92. The number of nitrogens with two attached hydrogens (primary N) is 1. The molecule has 2 atom stereocenters. The van der Waals surface area contributed by atoms with Crippen molar-refractivity contribution in [1.82, 2.24) is 0 Å². The van der Waals surface area contributed by atoms with Crippen LogP contribution in [0.5, 0.6) is 5.75 Å². The number of halogens is 1. The van der Waals surface area contributed by atoms with E-state index in [1.807, 2.05) is 0 Å². The van der Waals surface area contributed by atoms with Crippen molar-refractivity contribution in [3.05, 3.63) is 28.8 Å². The summed E-state index contributed by atoms with van der Waals surface area (Å²) < 4.78 is 29.2. The highest BCUT2D eigenvalue weighted by atomic mass is 35.5. The van der Waals surface area contributed by atoms with Gasteiger partial charge in [0, 0.05) is 11.1 Å². The molecule has 0 aliphatic carbocycles. The Morgan fingerprint density at radius 3 is 2.74 bits per heavy atom. The maximum atomic E-state index is 12.1. The van der Waals surface area contributed by atoms with Gasteiger partial charge in [0.05, 0.1) is 18.1 Å². The number of sulfone groups is 1. The molecule has 0 amide bonds. The Balaban J connectivity index is 2.31.